The highest BCUT2D eigenvalue weighted by atomic mass is 16.6. The van der Waals surface area contributed by atoms with Gasteiger partial charge in [-0.3, -0.25) is 0 Å². The third-order valence-electron chi connectivity index (χ3n) is 4.09. The van der Waals surface area contributed by atoms with Crippen molar-refractivity contribution in [3.8, 4) is 23.3 Å². The molecule has 31 heavy (non-hydrogen) atoms. The molecule has 0 N–H and O–H groups in total. The van der Waals surface area contributed by atoms with Crippen molar-refractivity contribution in [2.45, 2.75) is 27.7 Å². The molecule has 0 saturated carbocycles. The molecule has 2 rings (SSSR count). The van der Waals surface area contributed by atoms with Crippen LogP contribution in [0, 0.1) is 25.2 Å². The second kappa shape index (κ2) is 11.4. The highest BCUT2D eigenvalue weighted by molar-refractivity contribution is 5.98. The molecule has 0 aliphatic carbocycles. The van der Waals surface area contributed by atoms with E-state index in [4.69, 9.17) is 18.9 Å². The summed E-state index contributed by atoms with van der Waals surface area (Å²) in [6.07, 6.45) is 1.38. The molecule has 0 unspecified atom stereocenters. The number of benzene rings is 2. The van der Waals surface area contributed by atoms with E-state index in [-0.39, 0.29) is 24.5 Å². The Labute approximate surface area is 181 Å². The van der Waals surface area contributed by atoms with Gasteiger partial charge in [-0.2, -0.15) is 5.26 Å². The average molecular weight is 423 g/mol. The maximum atomic E-state index is 12.3. The molecular weight excluding hydrogens is 398 g/mol. The van der Waals surface area contributed by atoms with Gasteiger partial charge >= 0.3 is 11.9 Å². The quantitative estimate of drug-likeness (QED) is 0.259. The fourth-order valence-corrected chi connectivity index (χ4v) is 2.73. The Bertz CT molecular complexity index is 1020. The van der Waals surface area contributed by atoms with Crippen LogP contribution in [-0.2, 0) is 14.3 Å². The first kappa shape index (κ1) is 23.5. The average Bonchev–Trinajstić information content (AvgIpc) is 2.73. The Morgan fingerprint density at radius 2 is 1.71 bits per heavy atom. The van der Waals surface area contributed by atoms with Crippen LogP contribution in [0.1, 0.15) is 30.5 Å². The van der Waals surface area contributed by atoms with Gasteiger partial charge in [-0.05, 0) is 63.1 Å². The second-order valence-corrected chi connectivity index (χ2v) is 6.56. The van der Waals surface area contributed by atoms with Crippen LogP contribution >= 0.6 is 0 Å². The maximum Gasteiger partial charge on any atom is 0.349 e. The van der Waals surface area contributed by atoms with E-state index in [2.05, 4.69) is 0 Å². The lowest BCUT2D eigenvalue weighted by Gasteiger charge is -2.13. The first-order valence-electron chi connectivity index (χ1n) is 9.84. The summed E-state index contributed by atoms with van der Waals surface area (Å²) in [6, 6.07) is 12.2. The van der Waals surface area contributed by atoms with Gasteiger partial charge in [0, 0.05) is 0 Å². The minimum atomic E-state index is -0.706. The SMILES string of the molecule is CCOC(=O)/C(C#N)=C/c1ccc(OC(=O)COc2ccc(C)cc2C)c(OCC)c1. The van der Waals surface area contributed by atoms with Crippen molar-refractivity contribution < 1.29 is 28.5 Å². The molecule has 0 aromatic heterocycles. The normalized spacial score (nSPS) is 10.7. The molecule has 0 aliphatic heterocycles. The fourth-order valence-electron chi connectivity index (χ4n) is 2.73. The first-order valence-corrected chi connectivity index (χ1v) is 9.84. The predicted molar refractivity (Wildman–Crippen MR) is 115 cm³/mol. The summed E-state index contributed by atoms with van der Waals surface area (Å²) in [7, 11) is 0. The minimum Gasteiger partial charge on any atom is -0.490 e. The summed E-state index contributed by atoms with van der Waals surface area (Å²) in [5, 5.41) is 9.18. The first-order chi connectivity index (χ1) is 14.9. The van der Waals surface area contributed by atoms with Gasteiger partial charge in [-0.25, -0.2) is 9.59 Å². The largest absolute Gasteiger partial charge is 0.490 e. The van der Waals surface area contributed by atoms with E-state index in [9.17, 15) is 14.9 Å². The van der Waals surface area contributed by atoms with Gasteiger partial charge < -0.3 is 18.9 Å². The fraction of sp³-hybridized carbons (Fsp3) is 0.292. The Kier molecular flexibility index (Phi) is 8.64. The summed E-state index contributed by atoms with van der Waals surface area (Å²) < 4.78 is 21.3. The molecule has 162 valence electrons. The molecule has 0 fully saturated rings. The van der Waals surface area contributed by atoms with E-state index in [0.717, 1.165) is 11.1 Å². The zero-order chi connectivity index (χ0) is 22.8. The van der Waals surface area contributed by atoms with Crippen LogP contribution < -0.4 is 14.2 Å². The molecule has 7 nitrogen and oxygen atoms in total. The zero-order valence-electron chi connectivity index (χ0n) is 18.1. The lowest BCUT2D eigenvalue weighted by atomic mass is 10.1. The number of ether oxygens (including phenoxy) is 4. The number of hydrogen-bond acceptors (Lipinski definition) is 7. The van der Waals surface area contributed by atoms with Crippen molar-refractivity contribution in [2.75, 3.05) is 19.8 Å². The highest BCUT2D eigenvalue weighted by Gasteiger charge is 2.14. The molecule has 0 atom stereocenters. The molecule has 0 bridgehead atoms. The van der Waals surface area contributed by atoms with Crippen LogP contribution in [0.15, 0.2) is 42.0 Å². The standard InChI is InChI=1S/C24H25NO6/c1-5-28-22-13-18(12-19(14-25)24(27)29-6-2)8-10-21(22)31-23(26)15-30-20-9-7-16(3)11-17(20)4/h7-13H,5-6,15H2,1-4H3/b19-12+. The van der Waals surface area contributed by atoms with Gasteiger partial charge in [0.25, 0.3) is 0 Å². The number of esters is 2. The molecule has 7 heteroatoms. The molecule has 2 aromatic rings. The molecule has 0 radical (unpaired) electrons. The number of nitrogens with zero attached hydrogens (tertiary/aromatic N) is 1. The zero-order valence-corrected chi connectivity index (χ0v) is 18.1. The number of carbonyl (C=O) groups excluding carboxylic acids is 2. The molecule has 0 spiro atoms. The van der Waals surface area contributed by atoms with Crippen molar-refractivity contribution >= 4 is 18.0 Å². The van der Waals surface area contributed by atoms with Crippen molar-refractivity contribution in [3.05, 3.63) is 58.7 Å². The van der Waals surface area contributed by atoms with Crippen LogP contribution in [0.5, 0.6) is 17.2 Å². The Morgan fingerprint density at radius 1 is 0.968 bits per heavy atom. The van der Waals surface area contributed by atoms with Crippen LogP contribution in [-0.4, -0.2) is 31.8 Å². The van der Waals surface area contributed by atoms with Crippen molar-refractivity contribution in [2.24, 2.45) is 0 Å². The van der Waals surface area contributed by atoms with E-state index < -0.39 is 11.9 Å². The molecular formula is C24H25NO6. The molecule has 0 amide bonds. The summed E-state index contributed by atoms with van der Waals surface area (Å²) in [6.45, 7) is 7.56. The highest BCUT2D eigenvalue weighted by Crippen LogP contribution is 2.30. The third kappa shape index (κ3) is 6.89. The van der Waals surface area contributed by atoms with Crippen molar-refractivity contribution in [1.82, 2.24) is 0 Å². The maximum absolute atomic E-state index is 12.3. The number of aryl methyl sites for hydroxylation is 2. The summed E-state index contributed by atoms with van der Waals surface area (Å²) in [5.74, 6) is -0.174. The number of carbonyl (C=O) groups is 2. The van der Waals surface area contributed by atoms with Gasteiger partial charge in [-0.15, -0.1) is 0 Å². The van der Waals surface area contributed by atoms with Crippen LogP contribution in [0.25, 0.3) is 6.08 Å². The predicted octanol–water partition coefficient (Wildman–Crippen LogP) is 4.16. The lowest BCUT2D eigenvalue weighted by molar-refractivity contribution is -0.138. The number of nitriles is 1. The van der Waals surface area contributed by atoms with E-state index in [1.165, 1.54) is 12.1 Å². The second-order valence-electron chi connectivity index (χ2n) is 6.56. The number of rotatable bonds is 9. The summed E-state index contributed by atoms with van der Waals surface area (Å²) in [4.78, 5) is 24.1. The van der Waals surface area contributed by atoms with E-state index in [1.807, 2.05) is 32.0 Å². The van der Waals surface area contributed by atoms with Crippen LogP contribution in [0.4, 0.5) is 0 Å². The smallest absolute Gasteiger partial charge is 0.349 e. The third-order valence-corrected chi connectivity index (χ3v) is 4.09. The van der Waals surface area contributed by atoms with Gasteiger partial charge in [-0.1, -0.05) is 23.8 Å². The Balaban J connectivity index is 2.14. The van der Waals surface area contributed by atoms with Crippen LogP contribution in [0.2, 0.25) is 0 Å². The monoisotopic (exact) mass is 423 g/mol. The van der Waals surface area contributed by atoms with Gasteiger partial charge in [0.1, 0.15) is 17.4 Å². The summed E-state index contributed by atoms with van der Waals surface area (Å²) >= 11 is 0. The Morgan fingerprint density at radius 3 is 2.35 bits per heavy atom. The molecule has 0 saturated heterocycles. The van der Waals surface area contributed by atoms with Crippen molar-refractivity contribution in [1.29, 1.82) is 5.26 Å². The van der Waals surface area contributed by atoms with Gasteiger partial charge in [0.2, 0.25) is 0 Å². The van der Waals surface area contributed by atoms with E-state index in [1.54, 1.807) is 32.0 Å². The van der Waals surface area contributed by atoms with Gasteiger partial charge in [0.05, 0.1) is 13.2 Å². The van der Waals surface area contributed by atoms with Crippen molar-refractivity contribution in [3.63, 3.8) is 0 Å². The molecule has 0 heterocycles. The number of hydrogen-bond donors (Lipinski definition) is 0. The molecule has 0 aliphatic rings. The Hall–Kier alpha value is -3.79. The van der Waals surface area contributed by atoms with Crippen LogP contribution in [0.3, 0.4) is 0 Å². The summed E-state index contributed by atoms with van der Waals surface area (Å²) in [5.41, 5.74) is 2.41. The van der Waals surface area contributed by atoms with E-state index in [0.29, 0.717) is 23.7 Å². The topological polar surface area (TPSA) is 94.9 Å². The van der Waals surface area contributed by atoms with E-state index >= 15 is 0 Å². The molecule has 2 aromatic carbocycles. The van der Waals surface area contributed by atoms with Gasteiger partial charge in [0.15, 0.2) is 18.1 Å². The minimum absolute atomic E-state index is 0.143. The lowest BCUT2D eigenvalue weighted by Crippen LogP contribution is -2.18.